The molecular weight excluding hydrogens is 392 g/mol. The summed E-state index contributed by atoms with van der Waals surface area (Å²) in [4.78, 5) is 23.9. The number of carboxylic acids is 1. The number of benzene rings is 1. The van der Waals surface area contributed by atoms with Gasteiger partial charge in [-0.3, -0.25) is 4.98 Å². The van der Waals surface area contributed by atoms with Gasteiger partial charge in [0.1, 0.15) is 23.6 Å². The molecule has 8 heteroatoms. The smallest absolute Gasteiger partial charge is 0.335 e. The van der Waals surface area contributed by atoms with Crippen LogP contribution >= 0.6 is 0 Å². The molecule has 154 valence electrons. The van der Waals surface area contributed by atoms with Crippen LogP contribution in [0.3, 0.4) is 0 Å². The molecule has 6 nitrogen and oxygen atoms in total. The highest BCUT2D eigenvalue weighted by Crippen LogP contribution is 2.48. The Morgan fingerprint density at radius 1 is 1.17 bits per heavy atom. The highest BCUT2D eigenvalue weighted by Gasteiger charge is 2.48. The van der Waals surface area contributed by atoms with Crippen molar-refractivity contribution in [3.8, 4) is 16.9 Å². The highest BCUT2D eigenvalue weighted by atomic mass is 19.1. The first kappa shape index (κ1) is 19.9. The van der Waals surface area contributed by atoms with Crippen LogP contribution in [0.2, 0.25) is 0 Å². The average molecular weight is 411 g/mol. The summed E-state index contributed by atoms with van der Waals surface area (Å²) in [6.45, 7) is 0. The number of aromatic hydroxyl groups is 1. The number of phenolic OH excluding ortho intramolecular Hbond substituents is 1. The van der Waals surface area contributed by atoms with Crippen LogP contribution < -0.4 is 0 Å². The van der Waals surface area contributed by atoms with Crippen LogP contribution in [0.1, 0.15) is 41.1 Å². The van der Waals surface area contributed by atoms with Gasteiger partial charge in [-0.2, -0.15) is 0 Å². The summed E-state index contributed by atoms with van der Waals surface area (Å²) in [7, 11) is 0. The van der Waals surface area contributed by atoms with E-state index in [-0.39, 0.29) is 29.8 Å². The monoisotopic (exact) mass is 411 g/mol. The molecule has 0 bridgehead atoms. The molecule has 0 aliphatic heterocycles. The van der Waals surface area contributed by atoms with Gasteiger partial charge in [0.05, 0.1) is 11.3 Å². The number of pyridine rings is 1. The number of rotatable bonds is 6. The van der Waals surface area contributed by atoms with E-state index in [2.05, 4.69) is 15.0 Å². The first-order valence-corrected chi connectivity index (χ1v) is 9.51. The number of aromatic carboxylic acids is 1. The van der Waals surface area contributed by atoms with Crippen molar-refractivity contribution in [1.82, 2.24) is 15.0 Å². The van der Waals surface area contributed by atoms with Crippen molar-refractivity contribution in [2.45, 2.75) is 37.3 Å². The molecule has 4 rings (SSSR count). The predicted octanol–water partition coefficient (Wildman–Crippen LogP) is 4.08. The van der Waals surface area contributed by atoms with Gasteiger partial charge in [-0.25, -0.2) is 23.5 Å². The third kappa shape index (κ3) is 3.72. The largest absolute Gasteiger partial charge is 0.507 e. The predicted molar refractivity (Wildman–Crippen MR) is 104 cm³/mol. The minimum atomic E-state index is -1.10. The lowest BCUT2D eigenvalue weighted by atomic mass is 9.62. The molecule has 0 saturated heterocycles. The fourth-order valence-electron chi connectivity index (χ4n) is 3.95. The lowest BCUT2D eigenvalue weighted by Gasteiger charge is -2.44. The molecule has 0 spiro atoms. The van der Waals surface area contributed by atoms with Crippen molar-refractivity contribution in [3.63, 3.8) is 0 Å². The number of hydrogen-bond acceptors (Lipinski definition) is 5. The van der Waals surface area contributed by atoms with Gasteiger partial charge in [-0.15, -0.1) is 0 Å². The summed E-state index contributed by atoms with van der Waals surface area (Å²) in [6.07, 6.45) is 4.83. The maximum absolute atomic E-state index is 14.2. The Balaban J connectivity index is 1.52. The maximum Gasteiger partial charge on any atom is 0.335 e. The van der Waals surface area contributed by atoms with Gasteiger partial charge in [0.2, 0.25) is 0 Å². The van der Waals surface area contributed by atoms with E-state index in [1.165, 1.54) is 48.9 Å². The first-order chi connectivity index (χ1) is 14.4. The fraction of sp³-hybridized carbons (Fsp3) is 0.273. The van der Waals surface area contributed by atoms with Crippen molar-refractivity contribution in [2.75, 3.05) is 0 Å². The molecule has 2 N–H and O–H groups in total. The average Bonchev–Trinajstić information content (AvgIpc) is 2.71. The van der Waals surface area contributed by atoms with Crippen molar-refractivity contribution in [3.05, 3.63) is 71.8 Å². The summed E-state index contributed by atoms with van der Waals surface area (Å²) in [5.41, 5.74) is 0.439. The van der Waals surface area contributed by atoms with Gasteiger partial charge >= 0.3 is 5.97 Å². The number of alkyl halides is 1. The standard InChI is InChI=1S/C22H19F2N3O3/c23-15-9-22(10-15,20-17(24)2-1-7-25-20)6-5-19-26-11-14(12-27-19)16-8-13(21(29)30)3-4-18(16)28/h1-4,7-8,11-12,15,28H,5-6,9-10H2,(H,29,30). The van der Waals surface area contributed by atoms with E-state index in [1.54, 1.807) is 0 Å². The summed E-state index contributed by atoms with van der Waals surface area (Å²) in [6, 6.07) is 6.81. The van der Waals surface area contributed by atoms with E-state index in [9.17, 15) is 18.7 Å². The zero-order valence-electron chi connectivity index (χ0n) is 15.9. The van der Waals surface area contributed by atoms with Gasteiger partial charge in [0.15, 0.2) is 0 Å². The number of hydrogen-bond donors (Lipinski definition) is 2. The third-order valence-corrected chi connectivity index (χ3v) is 5.57. The van der Waals surface area contributed by atoms with Gasteiger partial charge in [-0.1, -0.05) is 0 Å². The Labute approximate surface area is 171 Å². The summed E-state index contributed by atoms with van der Waals surface area (Å²) >= 11 is 0. The second-order valence-electron chi connectivity index (χ2n) is 7.54. The van der Waals surface area contributed by atoms with Crippen LogP contribution in [-0.2, 0) is 11.8 Å². The normalized spacial score (nSPS) is 20.5. The fourth-order valence-corrected chi connectivity index (χ4v) is 3.95. The summed E-state index contributed by atoms with van der Waals surface area (Å²) < 4.78 is 27.9. The Morgan fingerprint density at radius 3 is 2.53 bits per heavy atom. The van der Waals surface area contributed by atoms with E-state index >= 15 is 0 Å². The molecule has 1 aliphatic carbocycles. The number of carboxylic acid groups (broad SMARTS) is 1. The van der Waals surface area contributed by atoms with Crippen molar-refractivity contribution in [2.24, 2.45) is 0 Å². The van der Waals surface area contributed by atoms with E-state index in [1.807, 2.05) is 0 Å². The van der Waals surface area contributed by atoms with Crippen molar-refractivity contribution in [1.29, 1.82) is 0 Å². The number of aryl methyl sites for hydroxylation is 1. The van der Waals surface area contributed by atoms with Crippen LogP contribution in [0.25, 0.3) is 11.1 Å². The van der Waals surface area contributed by atoms with Gasteiger partial charge in [-0.05, 0) is 49.6 Å². The van der Waals surface area contributed by atoms with Gasteiger partial charge < -0.3 is 10.2 Å². The van der Waals surface area contributed by atoms with Gasteiger partial charge in [0, 0.05) is 41.6 Å². The molecule has 30 heavy (non-hydrogen) atoms. The van der Waals surface area contributed by atoms with E-state index in [0.717, 1.165) is 0 Å². The van der Waals surface area contributed by atoms with Crippen LogP contribution in [0.4, 0.5) is 8.78 Å². The lowest BCUT2D eigenvalue weighted by molar-refractivity contribution is 0.0696. The molecule has 1 aliphatic rings. The van der Waals surface area contributed by atoms with E-state index in [4.69, 9.17) is 5.11 Å². The number of halogens is 2. The Morgan fingerprint density at radius 2 is 1.90 bits per heavy atom. The Hall–Kier alpha value is -3.42. The zero-order chi connectivity index (χ0) is 21.3. The van der Waals surface area contributed by atoms with Gasteiger partial charge in [0.25, 0.3) is 0 Å². The highest BCUT2D eigenvalue weighted by molar-refractivity contribution is 5.90. The molecule has 0 unspecified atom stereocenters. The SMILES string of the molecule is O=C(O)c1ccc(O)c(-c2cnc(CCC3(c4ncccc4F)CC(F)C3)nc2)c1. The molecule has 2 aromatic heterocycles. The van der Waals surface area contributed by atoms with Crippen LogP contribution in [0.15, 0.2) is 48.9 Å². The topological polar surface area (TPSA) is 96.2 Å². The molecular formula is C22H19F2N3O3. The molecule has 3 aromatic rings. The van der Waals surface area contributed by atoms with E-state index in [0.29, 0.717) is 29.8 Å². The molecule has 2 heterocycles. The second kappa shape index (κ2) is 7.78. The Bertz CT molecular complexity index is 1080. The molecule has 0 radical (unpaired) electrons. The van der Waals surface area contributed by atoms with Crippen molar-refractivity contribution >= 4 is 5.97 Å². The van der Waals surface area contributed by atoms with Crippen LogP contribution in [0.5, 0.6) is 5.75 Å². The molecule has 1 saturated carbocycles. The summed E-state index contributed by atoms with van der Waals surface area (Å²) in [5, 5.41) is 19.2. The number of aromatic nitrogens is 3. The maximum atomic E-state index is 14.2. The number of phenols is 1. The molecule has 0 atom stereocenters. The van der Waals surface area contributed by atoms with Crippen LogP contribution in [-0.4, -0.2) is 37.3 Å². The number of carbonyl (C=O) groups is 1. The summed E-state index contributed by atoms with van der Waals surface area (Å²) in [5.74, 6) is -1.13. The lowest BCUT2D eigenvalue weighted by Crippen LogP contribution is -2.44. The quantitative estimate of drug-likeness (QED) is 0.634. The molecule has 1 fully saturated rings. The Kier molecular flexibility index (Phi) is 5.15. The van der Waals surface area contributed by atoms with Crippen molar-refractivity contribution < 1.29 is 23.8 Å². The minimum absolute atomic E-state index is 0.0389. The first-order valence-electron chi connectivity index (χ1n) is 9.51. The molecule has 0 amide bonds. The third-order valence-electron chi connectivity index (χ3n) is 5.57. The van der Waals surface area contributed by atoms with E-state index < -0.39 is 23.4 Å². The second-order valence-corrected chi connectivity index (χ2v) is 7.54. The number of nitrogens with zero attached hydrogens (tertiary/aromatic N) is 3. The van der Waals surface area contributed by atoms with Crippen LogP contribution in [0, 0.1) is 5.82 Å². The minimum Gasteiger partial charge on any atom is -0.507 e. The molecule has 1 aromatic carbocycles. The zero-order valence-corrected chi connectivity index (χ0v) is 15.9.